The van der Waals surface area contributed by atoms with E-state index < -0.39 is 0 Å². The number of carbonyl (C=O) groups excluding carboxylic acids is 1. The van der Waals surface area contributed by atoms with Crippen LogP contribution in [0.5, 0.6) is 5.75 Å². The zero-order chi connectivity index (χ0) is 12.1. The number of carbonyl (C=O) groups is 1. The molecule has 0 saturated heterocycles. The molecule has 1 amide bonds. The number of benzene rings is 1. The molecule has 0 unspecified atom stereocenters. The molecule has 0 radical (unpaired) electrons. The van der Waals surface area contributed by atoms with Crippen LogP contribution in [0.1, 0.15) is 19.4 Å². The second kappa shape index (κ2) is 5.51. The average molecular weight is 241 g/mol. The summed E-state index contributed by atoms with van der Waals surface area (Å²) in [5.41, 5.74) is 3.75. The number of hydrogen-bond donors (Lipinski definition) is 1. The summed E-state index contributed by atoms with van der Waals surface area (Å²) in [7, 11) is 1.57. The molecule has 0 spiro atoms. The second-order valence-electron chi connectivity index (χ2n) is 3.21. The van der Waals surface area contributed by atoms with E-state index in [2.05, 4.69) is 10.5 Å². The molecule has 0 fully saturated rings. The van der Waals surface area contributed by atoms with Gasteiger partial charge in [0.05, 0.1) is 12.8 Å². The molecule has 1 rings (SSSR count). The van der Waals surface area contributed by atoms with Crippen molar-refractivity contribution < 1.29 is 9.53 Å². The summed E-state index contributed by atoms with van der Waals surface area (Å²) in [6.45, 7) is 3.16. The zero-order valence-electron chi connectivity index (χ0n) is 9.37. The van der Waals surface area contributed by atoms with Crippen molar-refractivity contribution in [2.45, 2.75) is 13.8 Å². The molecule has 0 atom stereocenters. The van der Waals surface area contributed by atoms with Crippen LogP contribution in [0, 0.1) is 0 Å². The molecule has 1 aromatic carbocycles. The van der Waals surface area contributed by atoms with Crippen molar-refractivity contribution in [2.75, 3.05) is 7.11 Å². The monoisotopic (exact) mass is 240 g/mol. The van der Waals surface area contributed by atoms with E-state index in [1.807, 2.05) is 0 Å². The van der Waals surface area contributed by atoms with Gasteiger partial charge in [-0.15, -0.1) is 0 Å². The maximum absolute atomic E-state index is 10.7. The summed E-state index contributed by atoms with van der Waals surface area (Å²) in [6.07, 6.45) is 0. The summed E-state index contributed by atoms with van der Waals surface area (Å²) in [5.74, 6) is 0.441. The summed E-state index contributed by atoms with van der Waals surface area (Å²) >= 11 is 5.88. The van der Waals surface area contributed by atoms with Gasteiger partial charge in [-0.05, 0) is 25.1 Å². The molecule has 4 nitrogen and oxygen atoms in total. The SMILES string of the molecule is COc1ccc(Cl)cc1/C(C)=N\NC(C)=O. The first kappa shape index (κ1) is 12.5. The second-order valence-corrected chi connectivity index (χ2v) is 3.65. The van der Waals surface area contributed by atoms with Crippen LogP contribution in [0.25, 0.3) is 0 Å². The Bertz CT molecular complexity index is 430. The summed E-state index contributed by atoms with van der Waals surface area (Å²) in [5, 5.41) is 4.51. The van der Waals surface area contributed by atoms with Crippen molar-refractivity contribution >= 4 is 23.2 Å². The lowest BCUT2D eigenvalue weighted by Gasteiger charge is -2.08. The Hall–Kier alpha value is -1.55. The predicted octanol–water partition coefficient (Wildman–Crippen LogP) is 2.21. The number of nitrogens with zero attached hydrogens (tertiary/aromatic N) is 1. The van der Waals surface area contributed by atoms with E-state index in [-0.39, 0.29) is 5.91 Å². The lowest BCUT2D eigenvalue weighted by Crippen LogP contribution is -2.15. The topological polar surface area (TPSA) is 50.7 Å². The minimum absolute atomic E-state index is 0.222. The molecule has 0 aromatic heterocycles. The fourth-order valence-corrected chi connectivity index (χ4v) is 1.36. The van der Waals surface area contributed by atoms with Crippen molar-refractivity contribution in [1.82, 2.24) is 5.43 Å². The fourth-order valence-electron chi connectivity index (χ4n) is 1.19. The third-order valence-corrected chi connectivity index (χ3v) is 2.17. The Morgan fingerprint density at radius 1 is 1.44 bits per heavy atom. The zero-order valence-corrected chi connectivity index (χ0v) is 10.1. The minimum atomic E-state index is -0.222. The highest BCUT2D eigenvalue weighted by molar-refractivity contribution is 6.31. The molecular weight excluding hydrogens is 228 g/mol. The Morgan fingerprint density at radius 3 is 2.69 bits per heavy atom. The quantitative estimate of drug-likeness (QED) is 0.651. The molecule has 0 saturated carbocycles. The lowest BCUT2D eigenvalue weighted by molar-refractivity contribution is -0.118. The molecule has 1 N–H and O–H groups in total. The molecule has 0 aliphatic carbocycles. The van der Waals surface area contributed by atoms with E-state index in [4.69, 9.17) is 16.3 Å². The number of halogens is 1. The molecule has 0 heterocycles. The Labute approximate surface area is 99.2 Å². The largest absolute Gasteiger partial charge is 0.496 e. The number of methoxy groups -OCH3 is 1. The Morgan fingerprint density at radius 2 is 2.12 bits per heavy atom. The number of nitrogens with one attached hydrogen (secondary N) is 1. The number of ether oxygens (including phenoxy) is 1. The predicted molar refractivity (Wildman–Crippen MR) is 64.0 cm³/mol. The average Bonchev–Trinajstić information content (AvgIpc) is 2.25. The van der Waals surface area contributed by atoms with Gasteiger partial charge in [0.2, 0.25) is 5.91 Å². The molecular formula is C11H13ClN2O2. The van der Waals surface area contributed by atoms with Gasteiger partial charge in [0.15, 0.2) is 0 Å². The highest BCUT2D eigenvalue weighted by Gasteiger charge is 2.07. The molecule has 0 aliphatic heterocycles. The first-order chi connectivity index (χ1) is 7.54. The molecule has 1 aromatic rings. The highest BCUT2D eigenvalue weighted by Crippen LogP contribution is 2.23. The summed E-state index contributed by atoms with van der Waals surface area (Å²) < 4.78 is 5.18. The van der Waals surface area contributed by atoms with E-state index in [0.29, 0.717) is 16.5 Å². The van der Waals surface area contributed by atoms with Crippen LogP contribution in [0.4, 0.5) is 0 Å². The third-order valence-electron chi connectivity index (χ3n) is 1.93. The van der Waals surface area contributed by atoms with E-state index in [0.717, 1.165) is 5.56 Å². The van der Waals surface area contributed by atoms with Crippen LogP contribution in [0.3, 0.4) is 0 Å². The van der Waals surface area contributed by atoms with Crippen LogP contribution >= 0.6 is 11.6 Å². The van der Waals surface area contributed by atoms with Crippen LogP contribution in [-0.4, -0.2) is 18.7 Å². The maximum atomic E-state index is 10.7. The molecule has 0 bridgehead atoms. The van der Waals surface area contributed by atoms with E-state index in [9.17, 15) is 4.79 Å². The van der Waals surface area contributed by atoms with Crippen molar-refractivity contribution in [1.29, 1.82) is 0 Å². The Balaban J connectivity index is 3.05. The van der Waals surface area contributed by atoms with Crippen molar-refractivity contribution in [3.05, 3.63) is 28.8 Å². The molecule has 0 aliphatic rings. The number of amides is 1. The van der Waals surface area contributed by atoms with Gasteiger partial charge in [0.25, 0.3) is 0 Å². The van der Waals surface area contributed by atoms with Gasteiger partial charge >= 0.3 is 0 Å². The minimum Gasteiger partial charge on any atom is -0.496 e. The van der Waals surface area contributed by atoms with Crippen LogP contribution in [-0.2, 0) is 4.79 Å². The normalized spacial score (nSPS) is 11.1. The number of hydrogen-bond acceptors (Lipinski definition) is 3. The molecule has 16 heavy (non-hydrogen) atoms. The molecule has 5 heteroatoms. The Kier molecular flexibility index (Phi) is 4.31. The van der Waals surface area contributed by atoms with Gasteiger partial charge < -0.3 is 4.74 Å². The summed E-state index contributed by atoms with van der Waals surface area (Å²) in [4.78, 5) is 10.7. The summed E-state index contributed by atoms with van der Waals surface area (Å²) in [6, 6.07) is 5.22. The maximum Gasteiger partial charge on any atom is 0.236 e. The molecule has 86 valence electrons. The van der Waals surface area contributed by atoms with E-state index >= 15 is 0 Å². The van der Waals surface area contributed by atoms with E-state index in [1.165, 1.54) is 6.92 Å². The van der Waals surface area contributed by atoms with Gasteiger partial charge in [-0.25, -0.2) is 5.43 Å². The number of hydrazone groups is 1. The van der Waals surface area contributed by atoms with Crippen LogP contribution in [0.2, 0.25) is 5.02 Å². The fraction of sp³-hybridized carbons (Fsp3) is 0.273. The van der Waals surface area contributed by atoms with Gasteiger partial charge in [-0.3, -0.25) is 4.79 Å². The smallest absolute Gasteiger partial charge is 0.236 e. The van der Waals surface area contributed by atoms with Crippen molar-refractivity contribution in [3.8, 4) is 5.75 Å². The van der Waals surface area contributed by atoms with Crippen LogP contribution in [0.15, 0.2) is 23.3 Å². The third kappa shape index (κ3) is 3.24. The van der Waals surface area contributed by atoms with Crippen molar-refractivity contribution in [3.63, 3.8) is 0 Å². The van der Waals surface area contributed by atoms with Gasteiger partial charge in [-0.1, -0.05) is 11.6 Å². The first-order valence-corrected chi connectivity index (χ1v) is 5.07. The first-order valence-electron chi connectivity index (χ1n) is 4.69. The number of rotatable bonds is 3. The van der Waals surface area contributed by atoms with Gasteiger partial charge in [0, 0.05) is 17.5 Å². The standard InChI is InChI=1S/C11H13ClN2O2/c1-7(13-14-8(2)15)10-6-9(12)4-5-11(10)16-3/h4-6H,1-3H3,(H,14,15)/b13-7-. The van der Waals surface area contributed by atoms with Crippen molar-refractivity contribution in [2.24, 2.45) is 5.10 Å². The lowest BCUT2D eigenvalue weighted by atomic mass is 10.1. The van der Waals surface area contributed by atoms with Gasteiger partial charge in [0.1, 0.15) is 5.75 Å². The van der Waals surface area contributed by atoms with Crippen LogP contribution < -0.4 is 10.2 Å². The highest BCUT2D eigenvalue weighted by atomic mass is 35.5. The van der Waals surface area contributed by atoms with Gasteiger partial charge in [-0.2, -0.15) is 5.10 Å². The van der Waals surface area contributed by atoms with E-state index in [1.54, 1.807) is 32.2 Å².